The molecule has 0 atom stereocenters. The molecule has 0 bridgehead atoms. The van der Waals surface area contributed by atoms with Crippen molar-refractivity contribution in [3.05, 3.63) is 29.3 Å². The molecule has 1 aliphatic rings. The van der Waals surface area contributed by atoms with E-state index in [1.807, 2.05) is 0 Å². The summed E-state index contributed by atoms with van der Waals surface area (Å²) in [4.78, 5) is 25.3. The van der Waals surface area contributed by atoms with E-state index in [1.54, 1.807) is 25.1 Å². The van der Waals surface area contributed by atoms with Crippen molar-refractivity contribution in [2.45, 2.75) is 32.0 Å². The number of nitrogens with two attached hydrogens (primary N) is 1. The summed E-state index contributed by atoms with van der Waals surface area (Å²) in [7, 11) is 1.50. The van der Waals surface area contributed by atoms with Crippen LogP contribution in [0, 0.1) is 19.3 Å². The molecule has 0 spiro atoms. The first kappa shape index (κ1) is 19.8. The maximum absolute atomic E-state index is 13.1. The zero-order valence-corrected chi connectivity index (χ0v) is 14.0. The standard InChI is InChI=1S/C17H18FNO3.CH5N/c1-3-16(21)19(17(12-20)6-8-22-9-7-17)15-5-4-13(2)14(10-15)11-18;1-2/h1,4-5,10,12H,6-9,11H2,2H3;2H2,1H3. The number of aryl methyl sites for hydroxylation is 1. The summed E-state index contributed by atoms with van der Waals surface area (Å²) >= 11 is 0. The van der Waals surface area contributed by atoms with Crippen LogP contribution in [0.2, 0.25) is 0 Å². The molecule has 1 aromatic carbocycles. The zero-order chi connectivity index (χ0) is 18.2. The quantitative estimate of drug-likeness (QED) is 0.673. The third-order valence-electron chi connectivity index (χ3n) is 4.08. The van der Waals surface area contributed by atoms with Gasteiger partial charge in [0.05, 0.1) is 0 Å². The number of halogens is 1. The molecule has 1 saturated heterocycles. The highest BCUT2D eigenvalue weighted by Gasteiger charge is 2.42. The van der Waals surface area contributed by atoms with Crippen LogP contribution < -0.4 is 10.6 Å². The Balaban J connectivity index is 0.00000139. The number of hydrogen-bond donors (Lipinski definition) is 1. The van der Waals surface area contributed by atoms with Gasteiger partial charge in [-0.25, -0.2) is 4.39 Å². The SMILES string of the molecule is C#CC(=O)N(c1ccc(C)c(CF)c1)C1(C=O)CCOCC1.CN. The Bertz CT molecular complexity index is 619. The first-order valence-electron chi connectivity index (χ1n) is 7.66. The van der Waals surface area contributed by atoms with E-state index in [4.69, 9.17) is 11.2 Å². The van der Waals surface area contributed by atoms with E-state index in [-0.39, 0.29) is 0 Å². The van der Waals surface area contributed by atoms with Gasteiger partial charge < -0.3 is 15.3 Å². The number of terminal acetylenes is 1. The van der Waals surface area contributed by atoms with Gasteiger partial charge in [-0.2, -0.15) is 0 Å². The maximum Gasteiger partial charge on any atom is 0.303 e. The second-order valence-electron chi connectivity index (χ2n) is 5.36. The molecule has 5 nitrogen and oxygen atoms in total. The minimum absolute atomic E-state index is 0.364. The highest BCUT2D eigenvalue weighted by atomic mass is 19.1. The van der Waals surface area contributed by atoms with Crippen molar-refractivity contribution in [2.75, 3.05) is 25.2 Å². The van der Waals surface area contributed by atoms with Crippen LogP contribution in [0.3, 0.4) is 0 Å². The van der Waals surface area contributed by atoms with Gasteiger partial charge in [0.25, 0.3) is 0 Å². The van der Waals surface area contributed by atoms with Gasteiger partial charge in [0.1, 0.15) is 18.5 Å². The van der Waals surface area contributed by atoms with E-state index in [0.717, 1.165) is 11.8 Å². The molecule has 1 heterocycles. The van der Waals surface area contributed by atoms with Gasteiger partial charge in [0, 0.05) is 31.7 Å². The fourth-order valence-corrected chi connectivity index (χ4v) is 2.70. The molecular formula is C18H23FN2O3. The average molecular weight is 334 g/mol. The number of nitrogens with zero attached hydrogens (tertiary/aromatic N) is 1. The monoisotopic (exact) mass is 334 g/mol. The lowest BCUT2D eigenvalue weighted by atomic mass is 9.88. The van der Waals surface area contributed by atoms with E-state index in [1.165, 1.54) is 11.9 Å². The largest absolute Gasteiger partial charge is 0.381 e. The Kier molecular flexibility index (Phi) is 7.56. The third-order valence-corrected chi connectivity index (χ3v) is 4.08. The van der Waals surface area contributed by atoms with Gasteiger partial charge in [-0.1, -0.05) is 6.07 Å². The Hall–Kier alpha value is -2.23. The lowest BCUT2D eigenvalue weighted by molar-refractivity contribution is -0.122. The summed E-state index contributed by atoms with van der Waals surface area (Å²) in [6.45, 7) is 1.88. The van der Waals surface area contributed by atoms with Gasteiger partial charge in [0.2, 0.25) is 0 Å². The van der Waals surface area contributed by atoms with Crippen LogP contribution in [-0.4, -0.2) is 38.0 Å². The number of carbonyl (C=O) groups excluding carboxylic acids is 2. The number of rotatable bonds is 4. The summed E-state index contributed by atoms with van der Waals surface area (Å²) in [6.07, 6.45) is 6.75. The molecule has 1 amide bonds. The third kappa shape index (κ3) is 3.99. The van der Waals surface area contributed by atoms with Crippen LogP contribution in [0.25, 0.3) is 0 Å². The first-order valence-corrected chi connectivity index (χ1v) is 7.66. The summed E-state index contributed by atoms with van der Waals surface area (Å²) in [5, 5.41) is 0. The normalized spacial score (nSPS) is 15.5. The van der Waals surface area contributed by atoms with Gasteiger partial charge in [0.15, 0.2) is 0 Å². The van der Waals surface area contributed by atoms with Crippen molar-refractivity contribution < 1.29 is 18.7 Å². The summed E-state index contributed by atoms with van der Waals surface area (Å²) in [5.74, 6) is 1.46. The van der Waals surface area contributed by atoms with Crippen LogP contribution in [-0.2, 0) is 21.0 Å². The predicted molar refractivity (Wildman–Crippen MR) is 91.3 cm³/mol. The van der Waals surface area contributed by atoms with Crippen LogP contribution >= 0.6 is 0 Å². The number of amides is 1. The Morgan fingerprint density at radius 2 is 2.08 bits per heavy atom. The van der Waals surface area contributed by atoms with E-state index < -0.39 is 18.1 Å². The van der Waals surface area contributed by atoms with Crippen molar-refractivity contribution in [2.24, 2.45) is 5.73 Å². The summed E-state index contributed by atoms with van der Waals surface area (Å²) in [5.41, 5.74) is 5.16. The average Bonchev–Trinajstić information content (AvgIpc) is 2.65. The Morgan fingerprint density at radius 1 is 1.46 bits per heavy atom. The number of benzene rings is 1. The number of hydrogen-bond acceptors (Lipinski definition) is 4. The highest BCUT2D eigenvalue weighted by Crippen LogP contribution is 2.32. The lowest BCUT2D eigenvalue weighted by Gasteiger charge is -2.41. The first-order chi connectivity index (χ1) is 11.6. The van der Waals surface area contributed by atoms with Crippen molar-refractivity contribution in [1.82, 2.24) is 0 Å². The van der Waals surface area contributed by atoms with Gasteiger partial charge in [-0.3, -0.25) is 9.69 Å². The topological polar surface area (TPSA) is 72.6 Å². The van der Waals surface area contributed by atoms with Crippen LogP contribution in [0.5, 0.6) is 0 Å². The molecule has 1 aromatic rings. The molecule has 0 saturated carbocycles. The molecule has 2 N–H and O–H groups in total. The Morgan fingerprint density at radius 3 is 2.58 bits per heavy atom. The molecule has 1 fully saturated rings. The number of ether oxygens (including phenoxy) is 1. The lowest BCUT2D eigenvalue weighted by Crippen LogP contribution is -2.56. The molecule has 0 radical (unpaired) electrons. The highest BCUT2D eigenvalue weighted by molar-refractivity contribution is 6.09. The molecule has 2 rings (SSSR count). The molecule has 0 unspecified atom stereocenters. The second-order valence-corrected chi connectivity index (χ2v) is 5.36. The minimum atomic E-state index is -1.04. The van der Waals surface area contributed by atoms with E-state index in [0.29, 0.717) is 37.3 Å². The van der Waals surface area contributed by atoms with Crippen molar-refractivity contribution in [1.29, 1.82) is 0 Å². The number of alkyl halides is 1. The maximum atomic E-state index is 13.1. The van der Waals surface area contributed by atoms with Crippen molar-refractivity contribution in [3.63, 3.8) is 0 Å². The molecule has 130 valence electrons. The van der Waals surface area contributed by atoms with Gasteiger partial charge in [-0.05, 0) is 43.2 Å². The number of carbonyl (C=O) groups is 2. The fourth-order valence-electron chi connectivity index (χ4n) is 2.70. The second kappa shape index (κ2) is 9.16. The molecule has 0 aliphatic carbocycles. The van der Waals surface area contributed by atoms with E-state index in [2.05, 4.69) is 11.7 Å². The van der Waals surface area contributed by atoms with Crippen LogP contribution in [0.4, 0.5) is 10.1 Å². The fraction of sp³-hybridized carbons (Fsp3) is 0.444. The predicted octanol–water partition coefficient (Wildman–Crippen LogP) is 1.75. The zero-order valence-electron chi connectivity index (χ0n) is 14.0. The summed E-state index contributed by atoms with van der Waals surface area (Å²) in [6, 6.07) is 4.98. The number of aldehydes is 1. The van der Waals surface area contributed by atoms with Crippen LogP contribution in [0.15, 0.2) is 18.2 Å². The Labute approximate surface area is 142 Å². The minimum Gasteiger partial charge on any atom is -0.381 e. The molecule has 6 heteroatoms. The van der Waals surface area contributed by atoms with Crippen molar-refractivity contribution >= 4 is 17.9 Å². The molecule has 24 heavy (non-hydrogen) atoms. The number of anilines is 1. The van der Waals surface area contributed by atoms with Gasteiger partial charge in [-0.15, -0.1) is 6.42 Å². The van der Waals surface area contributed by atoms with Crippen LogP contribution in [0.1, 0.15) is 24.0 Å². The van der Waals surface area contributed by atoms with Crippen molar-refractivity contribution in [3.8, 4) is 12.3 Å². The molecule has 0 aromatic heterocycles. The van der Waals surface area contributed by atoms with Gasteiger partial charge >= 0.3 is 5.91 Å². The molecule has 1 aliphatic heterocycles. The van der Waals surface area contributed by atoms with E-state index in [9.17, 15) is 14.0 Å². The van der Waals surface area contributed by atoms with E-state index >= 15 is 0 Å². The summed E-state index contributed by atoms with van der Waals surface area (Å²) < 4.78 is 18.4. The smallest absolute Gasteiger partial charge is 0.303 e. The molecular weight excluding hydrogens is 311 g/mol.